The molecule has 3 rings (SSSR count). The standard InChI is InChI=1S/C24H28N4O2/c1-24(2,19-10-5-4-6-11-19)17-27-23(25-3)26-16-18-9-7-12-20(15-18)28-22(29)21-13-8-14-30-21/h4-15H,16-17H2,1-3H3,(H,28,29)(H2,25,26,27). The lowest BCUT2D eigenvalue weighted by atomic mass is 9.85. The smallest absolute Gasteiger partial charge is 0.291 e. The zero-order valence-electron chi connectivity index (χ0n) is 17.6. The zero-order chi connectivity index (χ0) is 21.4. The predicted molar refractivity (Wildman–Crippen MR) is 121 cm³/mol. The minimum absolute atomic E-state index is 0.0328. The Morgan fingerprint density at radius 1 is 1.00 bits per heavy atom. The molecule has 0 aliphatic heterocycles. The number of amides is 1. The molecule has 6 nitrogen and oxygen atoms in total. The Morgan fingerprint density at radius 3 is 2.50 bits per heavy atom. The number of furan rings is 1. The largest absolute Gasteiger partial charge is 0.459 e. The van der Waals surface area contributed by atoms with Crippen LogP contribution in [0, 0.1) is 0 Å². The van der Waals surface area contributed by atoms with E-state index in [1.807, 2.05) is 30.3 Å². The Labute approximate surface area is 177 Å². The van der Waals surface area contributed by atoms with Crippen molar-refractivity contribution in [3.8, 4) is 0 Å². The van der Waals surface area contributed by atoms with Gasteiger partial charge >= 0.3 is 0 Å². The topological polar surface area (TPSA) is 78.7 Å². The van der Waals surface area contributed by atoms with Gasteiger partial charge in [0.05, 0.1) is 6.26 Å². The van der Waals surface area contributed by atoms with Gasteiger partial charge in [0.15, 0.2) is 11.7 Å². The fraction of sp³-hybridized carbons (Fsp3) is 0.250. The first-order valence-corrected chi connectivity index (χ1v) is 9.92. The molecule has 3 N–H and O–H groups in total. The van der Waals surface area contributed by atoms with Crippen molar-refractivity contribution < 1.29 is 9.21 Å². The van der Waals surface area contributed by atoms with E-state index in [4.69, 9.17) is 4.42 Å². The van der Waals surface area contributed by atoms with Gasteiger partial charge in [-0.15, -0.1) is 0 Å². The Kier molecular flexibility index (Phi) is 6.91. The average molecular weight is 405 g/mol. The van der Waals surface area contributed by atoms with Crippen LogP contribution in [0.25, 0.3) is 0 Å². The molecule has 0 aliphatic carbocycles. The van der Waals surface area contributed by atoms with Crippen LogP contribution in [0.3, 0.4) is 0 Å². The molecule has 0 saturated heterocycles. The van der Waals surface area contributed by atoms with Crippen molar-refractivity contribution >= 4 is 17.6 Å². The van der Waals surface area contributed by atoms with Gasteiger partial charge in [-0.05, 0) is 35.4 Å². The third kappa shape index (κ3) is 5.73. The van der Waals surface area contributed by atoms with Crippen molar-refractivity contribution in [2.24, 2.45) is 4.99 Å². The lowest BCUT2D eigenvalue weighted by Gasteiger charge is -2.26. The van der Waals surface area contributed by atoms with Crippen LogP contribution in [-0.2, 0) is 12.0 Å². The Balaban J connectivity index is 1.54. The molecular formula is C24H28N4O2. The van der Waals surface area contributed by atoms with E-state index in [0.717, 1.165) is 18.1 Å². The third-order valence-electron chi connectivity index (χ3n) is 4.87. The molecular weight excluding hydrogens is 376 g/mol. The summed E-state index contributed by atoms with van der Waals surface area (Å²) >= 11 is 0. The number of hydrogen-bond acceptors (Lipinski definition) is 3. The number of benzene rings is 2. The summed E-state index contributed by atoms with van der Waals surface area (Å²) in [6.07, 6.45) is 1.48. The molecule has 30 heavy (non-hydrogen) atoms. The molecule has 1 amide bonds. The van der Waals surface area contributed by atoms with Crippen molar-refractivity contribution in [2.75, 3.05) is 18.9 Å². The second-order valence-electron chi connectivity index (χ2n) is 7.66. The van der Waals surface area contributed by atoms with E-state index >= 15 is 0 Å². The summed E-state index contributed by atoms with van der Waals surface area (Å²) in [6, 6.07) is 21.4. The SMILES string of the molecule is CN=C(NCc1cccc(NC(=O)c2ccco2)c1)NCC(C)(C)c1ccccc1. The molecule has 156 valence electrons. The average Bonchev–Trinajstić information content (AvgIpc) is 3.30. The zero-order valence-corrected chi connectivity index (χ0v) is 17.6. The molecule has 1 aromatic heterocycles. The van der Waals surface area contributed by atoms with Gasteiger partial charge in [0.1, 0.15) is 0 Å². The van der Waals surface area contributed by atoms with E-state index in [1.54, 1.807) is 19.2 Å². The Bertz CT molecular complexity index is 979. The molecule has 0 fully saturated rings. The molecule has 0 aliphatic rings. The first-order chi connectivity index (χ1) is 14.5. The molecule has 0 spiro atoms. The van der Waals surface area contributed by atoms with E-state index in [9.17, 15) is 4.79 Å². The maximum atomic E-state index is 12.1. The summed E-state index contributed by atoms with van der Waals surface area (Å²) in [6.45, 7) is 5.73. The van der Waals surface area contributed by atoms with Gasteiger partial charge in [-0.1, -0.05) is 56.3 Å². The van der Waals surface area contributed by atoms with Crippen molar-refractivity contribution in [1.29, 1.82) is 0 Å². The van der Waals surface area contributed by atoms with Gasteiger partial charge in [-0.3, -0.25) is 9.79 Å². The van der Waals surface area contributed by atoms with Gasteiger partial charge in [-0.2, -0.15) is 0 Å². The van der Waals surface area contributed by atoms with Gasteiger partial charge in [0, 0.05) is 31.2 Å². The van der Waals surface area contributed by atoms with Gasteiger partial charge in [0.25, 0.3) is 5.91 Å². The molecule has 6 heteroatoms. The summed E-state index contributed by atoms with van der Waals surface area (Å²) in [5, 5.41) is 9.57. The van der Waals surface area contributed by atoms with E-state index in [2.05, 4.69) is 59.1 Å². The summed E-state index contributed by atoms with van der Waals surface area (Å²) in [5.41, 5.74) is 2.98. The van der Waals surface area contributed by atoms with Crippen LogP contribution >= 0.6 is 0 Å². The highest BCUT2D eigenvalue weighted by molar-refractivity contribution is 6.02. The van der Waals surface area contributed by atoms with Gasteiger partial charge in [-0.25, -0.2) is 0 Å². The van der Waals surface area contributed by atoms with E-state index < -0.39 is 0 Å². The third-order valence-corrected chi connectivity index (χ3v) is 4.87. The first-order valence-electron chi connectivity index (χ1n) is 9.92. The molecule has 0 saturated carbocycles. The van der Waals surface area contributed by atoms with Crippen molar-refractivity contribution in [2.45, 2.75) is 25.8 Å². The minimum Gasteiger partial charge on any atom is -0.459 e. The highest BCUT2D eigenvalue weighted by Crippen LogP contribution is 2.21. The van der Waals surface area contributed by atoms with Crippen molar-refractivity contribution in [1.82, 2.24) is 10.6 Å². The number of hydrogen-bond donors (Lipinski definition) is 3. The number of anilines is 1. The summed E-state index contributed by atoms with van der Waals surface area (Å²) < 4.78 is 5.13. The first kappa shape index (κ1) is 21.2. The lowest BCUT2D eigenvalue weighted by molar-refractivity contribution is 0.0996. The second kappa shape index (κ2) is 9.78. The molecule has 0 radical (unpaired) electrons. The van der Waals surface area contributed by atoms with Crippen LogP contribution in [-0.4, -0.2) is 25.5 Å². The van der Waals surface area contributed by atoms with Crippen molar-refractivity contribution in [3.63, 3.8) is 0 Å². The molecule has 0 bridgehead atoms. The maximum absolute atomic E-state index is 12.1. The number of carbonyl (C=O) groups excluding carboxylic acids is 1. The van der Waals surface area contributed by atoms with Crippen LogP contribution in [0.5, 0.6) is 0 Å². The number of nitrogens with zero attached hydrogens (tertiary/aromatic N) is 1. The summed E-state index contributed by atoms with van der Waals surface area (Å²) in [5.74, 6) is 0.735. The van der Waals surface area contributed by atoms with Crippen LogP contribution in [0.4, 0.5) is 5.69 Å². The van der Waals surface area contributed by atoms with Gasteiger partial charge in [0.2, 0.25) is 0 Å². The summed E-state index contributed by atoms with van der Waals surface area (Å²) in [7, 11) is 1.75. The van der Waals surface area contributed by atoms with Crippen LogP contribution in [0.15, 0.2) is 82.4 Å². The molecule has 0 atom stereocenters. The predicted octanol–water partition coefficient (Wildman–Crippen LogP) is 4.17. The number of guanidine groups is 1. The number of nitrogens with one attached hydrogen (secondary N) is 3. The normalized spacial score (nSPS) is 11.8. The lowest BCUT2D eigenvalue weighted by Crippen LogP contribution is -2.43. The van der Waals surface area contributed by atoms with E-state index in [1.165, 1.54) is 11.8 Å². The summed E-state index contributed by atoms with van der Waals surface area (Å²) in [4.78, 5) is 16.5. The number of carbonyl (C=O) groups is 1. The van der Waals surface area contributed by atoms with Crippen LogP contribution in [0.1, 0.15) is 35.5 Å². The van der Waals surface area contributed by atoms with E-state index in [-0.39, 0.29) is 17.1 Å². The molecule has 2 aromatic carbocycles. The monoisotopic (exact) mass is 404 g/mol. The number of aliphatic imine (C=N–C) groups is 1. The second-order valence-corrected chi connectivity index (χ2v) is 7.66. The van der Waals surface area contributed by atoms with Crippen LogP contribution < -0.4 is 16.0 Å². The number of rotatable bonds is 7. The van der Waals surface area contributed by atoms with Crippen LogP contribution in [0.2, 0.25) is 0 Å². The quantitative estimate of drug-likeness (QED) is 0.408. The maximum Gasteiger partial charge on any atom is 0.291 e. The van der Waals surface area contributed by atoms with E-state index in [0.29, 0.717) is 12.2 Å². The highest BCUT2D eigenvalue weighted by atomic mass is 16.3. The Morgan fingerprint density at radius 2 is 1.80 bits per heavy atom. The highest BCUT2D eigenvalue weighted by Gasteiger charge is 2.20. The Hall–Kier alpha value is -3.54. The van der Waals surface area contributed by atoms with Gasteiger partial charge < -0.3 is 20.4 Å². The molecule has 1 heterocycles. The fourth-order valence-corrected chi connectivity index (χ4v) is 3.06. The fourth-order valence-electron chi connectivity index (χ4n) is 3.06. The molecule has 0 unspecified atom stereocenters. The molecule has 3 aromatic rings. The van der Waals surface area contributed by atoms with Crippen molar-refractivity contribution in [3.05, 3.63) is 89.9 Å². The minimum atomic E-state index is -0.272.